The van der Waals surface area contributed by atoms with E-state index < -0.39 is 5.97 Å². The molecule has 7 nitrogen and oxygen atoms in total. The predicted molar refractivity (Wildman–Crippen MR) is 65.4 cm³/mol. The number of hydrogen-bond acceptors (Lipinski definition) is 5. The van der Waals surface area contributed by atoms with Crippen LogP contribution in [0.1, 0.15) is 30.8 Å². The van der Waals surface area contributed by atoms with Gasteiger partial charge < -0.3 is 15.7 Å². The highest BCUT2D eigenvalue weighted by atomic mass is 16.4. The number of anilines is 1. The summed E-state index contributed by atoms with van der Waals surface area (Å²) in [6.45, 7) is 4.20. The maximum Gasteiger partial charge on any atom is 0.356 e. The summed E-state index contributed by atoms with van der Waals surface area (Å²) in [4.78, 5) is 21.9. The van der Waals surface area contributed by atoms with Crippen LogP contribution in [-0.2, 0) is 4.79 Å². The summed E-state index contributed by atoms with van der Waals surface area (Å²) >= 11 is 0. The van der Waals surface area contributed by atoms with Crippen molar-refractivity contribution in [2.75, 3.05) is 11.9 Å². The van der Waals surface area contributed by atoms with Gasteiger partial charge >= 0.3 is 5.97 Å². The molecule has 98 valence electrons. The molecule has 1 rings (SSSR count). The fourth-order valence-corrected chi connectivity index (χ4v) is 1.24. The average molecular weight is 252 g/mol. The number of carbonyl (C=O) groups is 2. The number of hydrogen-bond donors (Lipinski definition) is 3. The van der Waals surface area contributed by atoms with Gasteiger partial charge in [-0.2, -0.15) is 0 Å². The summed E-state index contributed by atoms with van der Waals surface area (Å²) in [5.74, 6) is -0.727. The Labute approximate surface area is 105 Å². The van der Waals surface area contributed by atoms with Crippen LogP contribution >= 0.6 is 0 Å². The number of carboxylic acid groups (broad SMARTS) is 1. The molecule has 0 bridgehead atoms. The summed E-state index contributed by atoms with van der Waals surface area (Å²) in [5.41, 5.74) is -0.113. The first-order chi connectivity index (χ1) is 8.49. The first-order valence-corrected chi connectivity index (χ1v) is 5.59. The van der Waals surface area contributed by atoms with E-state index in [0.29, 0.717) is 18.8 Å². The zero-order chi connectivity index (χ0) is 13.5. The van der Waals surface area contributed by atoms with E-state index in [-0.39, 0.29) is 17.6 Å². The highest BCUT2D eigenvalue weighted by molar-refractivity contribution is 5.85. The third-order valence-corrected chi connectivity index (χ3v) is 1.99. The van der Waals surface area contributed by atoms with E-state index in [2.05, 4.69) is 20.8 Å². The number of aromatic nitrogens is 2. The van der Waals surface area contributed by atoms with Crippen molar-refractivity contribution in [1.82, 2.24) is 15.5 Å². The van der Waals surface area contributed by atoms with Gasteiger partial charge in [-0.05, 0) is 26.0 Å². The highest BCUT2D eigenvalue weighted by Crippen LogP contribution is 2.01. The van der Waals surface area contributed by atoms with Crippen molar-refractivity contribution in [3.63, 3.8) is 0 Å². The number of nitrogens with one attached hydrogen (secondary N) is 2. The fraction of sp³-hybridized carbons (Fsp3) is 0.455. The first-order valence-electron chi connectivity index (χ1n) is 5.59. The predicted octanol–water partition coefficient (Wildman–Crippen LogP) is 0.501. The number of carbonyl (C=O) groups excluding carboxylic acids is 1. The summed E-state index contributed by atoms with van der Waals surface area (Å²) in [7, 11) is 0. The molecule has 3 N–H and O–H groups in total. The van der Waals surface area contributed by atoms with Gasteiger partial charge in [0.05, 0.1) is 0 Å². The van der Waals surface area contributed by atoms with Crippen molar-refractivity contribution in [1.29, 1.82) is 0 Å². The van der Waals surface area contributed by atoms with E-state index in [4.69, 9.17) is 5.11 Å². The van der Waals surface area contributed by atoms with E-state index in [1.165, 1.54) is 12.1 Å². The third kappa shape index (κ3) is 4.77. The SMILES string of the molecule is CC(C)NC(=O)CCNc1ccc(C(=O)O)nn1. The van der Waals surface area contributed by atoms with Crippen molar-refractivity contribution in [3.8, 4) is 0 Å². The molecule has 0 atom stereocenters. The Morgan fingerprint density at radius 3 is 2.56 bits per heavy atom. The molecule has 0 aromatic carbocycles. The maximum absolute atomic E-state index is 11.3. The Kier molecular flexibility index (Phi) is 5.04. The molecule has 1 amide bonds. The monoisotopic (exact) mass is 252 g/mol. The van der Waals surface area contributed by atoms with Crippen LogP contribution in [0.15, 0.2) is 12.1 Å². The Balaban J connectivity index is 2.35. The lowest BCUT2D eigenvalue weighted by atomic mass is 10.3. The molecule has 0 aliphatic heterocycles. The molecule has 0 saturated heterocycles. The van der Waals surface area contributed by atoms with Gasteiger partial charge in [0.15, 0.2) is 5.69 Å². The van der Waals surface area contributed by atoms with Crippen molar-refractivity contribution in [2.24, 2.45) is 0 Å². The van der Waals surface area contributed by atoms with E-state index in [9.17, 15) is 9.59 Å². The minimum absolute atomic E-state index is 0.0485. The molecule has 0 saturated carbocycles. The van der Waals surface area contributed by atoms with Crippen LogP contribution in [-0.4, -0.2) is 39.8 Å². The van der Waals surface area contributed by atoms with E-state index in [1.807, 2.05) is 13.8 Å². The molecule has 1 heterocycles. The average Bonchev–Trinajstić information content (AvgIpc) is 2.28. The summed E-state index contributed by atoms with van der Waals surface area (Å²) in [5, 5.41) is 21.5. The lowest BCUT2D eigenvalue weighted by molar-refractivity contribution is -0.121. The topological polar surface area (TPSA) is 104 Å². The third-order valence-electron chi connectivity index (χ3n) is 1.99. The number of nitrogens with zero attached hydrogens (tertiary/aromatic N) is 2. The van der Waals surface area contributed by atoms with Crippen LogP contribution < -0.4 is 10.6 Å². The van der Waals surface area contributed by atoms with E-state index in [0.717, 1.165) is 0 Å². The smallest absolute Gasteiger partial charge is 0.356 e. The normalized spacial score (nSPS) is 10.2. The Bertz CT molecular complexity index is 417. The van der Waals surface area contributed by atoms with Gasteiger partial charge in [0.25, 0.3) is 0 Å². The first kappa shape index (κ1) is 13.9. The largest absolute Gasteiger partial charge is 0.476 e. The molecular formula is C11H16N4O3. The zero-order valence-electron chi connectivity index (χ0n) is 10.3. The Morgan fingerprint density at radius 2 is 2.06 bits per heavy atom. The van der Waals surface area contributed by atoms with Crippen LogP contribution in [0.25, 0.3) is 0 Å². The van der Waals surface area contributed by atoms with Gasteiger partial charge in [-0.15, -0.1) is 10.2 Å². The highest BCUT2D eigenvalue weighted by Gasteiger charge is 2.06. The second kappa shape index (κ2) is 6.53. The molecular weight excluding hydrogens is 236 g/mol. The van der Waals surface area contributed by atoms with Crippen molar-refractivity contribution >= 4 is 17.7 Å². The number of amides is 1. The van der Waals surface area contributed by atoms with Crippen LogP contribution in [0.4, 0.5) is 5.82 Å². The second-order valence-corrected chi connectivity index (χ2v) is 4.01. The quantitative estimate of drug-likeness (QED) is 0.681. The van der Waals surface area contributed by atoms with Crippen LogP contribution in [0, 0.1) is 0 Å². The van der Waals surface area contributed by atoms with Gasteiger partial charge in [-0.1, -0.05) is 0 Å². The molecule has 18 heavy (non-hydrogen) atoms. The van der Waals surface area contributed by atoms with Crippen LogP contribution in [0.3, 0.4) is 0 Å². The molecule has 0 spiro atoms. The van der Waals surface area contributed by atoms with Gasteiger partial charge in [0, 0.05) is 19.0 Å². The van der Waals surface area contributed by atoms with E-state index >= 15 is 0 Å². The zero-order valence-corrected chi connectivity index (χ0v) is 10.3. The molecule has 1 aromatic rings. The minimum atomic E-state index is -1.12. The molecule has 7 heteroatoms. The standard InChI is InChI=1S/C11H16N4O3/c1-7(2)13-10(16)5-6-12-9-4-3-8(11(17)18)14-15-9/h3-4,7H,5-6H2,1-2H3,(H,12,15)(H,13,16)(H,17,18). The number of rotatable bonds is 6. The lowest BCUT2D eigenvalue weighted by Gasteiger charge is -2.08. The second-order valence-electron chi connectivity index (χ2n) is 4.01. The van der Waals surface area contributed by atoms with Gasteiger partial charge in [-0.25, -0.2) is 4.79 Å². The summed E-state index contributed by atoms with van der Waals surface area (Å²) in [6, 6.07) is 2.98. The number of aromatic carboxylic acids is 1. The lowest BCUT2D eigenvalue weighted by Crippen LogP contribution is -2.31. The minimum Gasteiger partial charge on any atom is -0.476 e. The van der Waals surface area contributed by atoms with Gasteiger partial charge in [0.2, 0.25) is 5.91 Å². The van der Waals surface area contributed by atoms with Crippen molar-refractivity contribution < 1.29 is 14.7 Å². The summed E-state index contributed by atoms with van der Waals surface area (Å²) in [6.07, 6.45) is 0.320. The van der Waals surface area contributed by atoms with Gasteiger partial charge in [-0.3, -0.25) is 4.79 Å². The fourth-order valence-electron chi connectivity index (χ4n) is 1.24. The molecule has 1 aromatic heterocycles. The van der Waals surface area contributed by atoms with Crippen molar-refractivity contribution in [3.05, 3.63) is 17.8 Å². The summed E-state index contributed by atoms with van der Waals surface area (Å²) < 4.78 is 0. The van der Waals surface area contributed by atoms with Crippen molar-refractivity contribution in [2.45, 2.75) is 26.3 Å². The molecule has 0 aliphatic rings. The molecule has 0 unspecified atom stereocenters. The molecule has 0 fully saturated rings. The van der Waals surface area contributed by atoms with E-state index in [1.54, 1.807) is 0 Å². The number of carboxylic acids is 1. The maximum atomic E-state index is 11.3. The van der Waals surface area contributed by atoms with Gasteiger partial charge in [0.1, 0.15) is 5.82 Å². The Morgan fingerprint density at radius 1 is 1.33 bits per heavy atom. The Hall–Kier alpha value is -2.18. The van der Waals surface area contributed by atoms with Crippen LogP contribution in [0.2, 0.25) is 0 Å². The van der Waals surface area contributed by atoms with Crippen LogP contribution in [0.5, 0.6) is 0 Å². The molecule has 0 aliphatic carbocycles. The molecule has 0 radical (unpaired) electrons.